The van der Waals surface area contributed by atoms with Gasteiger partial charge in [0.2, 0.25) is 0 Å². The lowest BCUT2D eigenvalue weighted by Crippen LogP contribution is -2.42. The van der Waals surface area contributed by atoms with Crippen LogP contribution >= 0.6 is 11.3 Å². The van der Waals surface area contributed by atoms with Crippen LogP contribution in [-0.2, 0) is 10.0 Å². The van der Waals surface area contributed by atoms with Crippen LogP contribution in [0, 0.1) is 0 Å². The molecule has 2 aromatic rings. The van der Waals surface area contributed by atoms with Crippen molar-refractivity contribution < 1.29 is 13.2 Å². The third-order valence-electron chi connectivity index (χ3n) is 3.30. The van der Waals surface area contributed by atoms with Crippen LogP contribution in [0.5, 0.6) is 0 Å². The van der Waals surface area contributed by atoms with Gasteiger partial charge in [0.1, 0.15) is 4.21 Å². The monoisotopic (exact) mass is 322 g/mol. The number of nitrogens with zero attached hydrogens (tertiary/aromatic N) is 1. The molecule has 0 atom stereocenters. The summed E-state index contributed by atoms with van der Waals surface area (Å²) in [4.78, 5) is 14.0. The maximum Gasteiger partial charge on any atom is 0.271 e. The smallest absolute Gasteiger partial charge is 0.271 e. The van der Waals surface area contributed by atoms with Crippen molar-refractivity contribution in [1.82, 2.24) is 4.90 Å². The molecule has 0 unspecified atom stereocenters. The predicted octanol–water partition coefficient (Wildman–Crippen LogP) is 2.39. The van der Waals surface area contributed by atoms with Crippen LogP contribution < -0.4 is 4.72 Å². The minimum atomic E-state index is -3.64. The van der Waals surface area contributed by atoms with Crippen LogP contribution in [0.25, 0.3) is 0 Å². The fourth-order valence-corrected chi connectivity index (χ4v) is 4.13. The highest BCUT2D eigenvalue weighted by molar-refractivity contribution is 7.94. The Morgan fingerprint density at radius 1 is 1.14 bits per heavy atom. The first-order valence-electron chi connectivity index (χ1n) is 6.52. The average molecular weight is 322 g/mol. The molecule has 110 valence electrons. The molecule has 3 rings (SSSR count). The topological polar surface area (TPSA) is 66.5 Å². The Bertz CT molecular complexity index is 750. The van der Waals surface area contributed by atoms with Gasteiger partial charge < -0.3 is 4.90 Å². The van der Waals surface area contributed by atoms with Gasteiger partial charge in [-0.1, -0.05) is 18.2 Å². The standard InChI is InChI=1S/C14H14N2O3S2/c17-14(16-8-4-9-16)11-5-1-2-6-12(11)15-21(18,19)13-7-3-10-20-13/h1-3,5-7,10,15H,4,8-9H2. The number of para-hydroxylation sites is 1. The first-order chi connectivity index (χ1) is 10.1. The molecule has 1 amide bonds. The van der Waals surface area contributed by atoms with Crippen molar-refractivity contribution in [3.63, 3.8) is 0 Å². The highest BCUT2D eigenvalue weighted by Gasteiger charge is 2.25. The Kier molecular flexibility index (Phi) is 3.69. The lowest BCUT2D eigenvalue weighted by molar-refractivity contribution is 0.0653. The second-order valence-corrected chi connectivity index (χ2v) is 7.59. The zero-order chi connectivity index (χ0) is 14.9. The summed E-state index contributed by atoms with van der Waals surface area (Å²) < 4.78 is 27.3. The molecule has 2 heterocycles. The Morgan fingerprint density at radius 2 is 1.90 bits per heavy atom. The number of rotatable bonds is 4. The molecule has 0 bridgehead atoms. The molecule has 1 aromatic heterocycles. The van der Waals surface area contributed by atoms with Crippen LogP contribution in [0.3, 0.4) is 0 Å². The minimum absolute atomic E-state index is 0.134. The molecule has 0 spiro atoms. The van der Waals surface area contributed by atoms with Crippen molar-refractivity contribution in [2.45, 2.75) is 10.6 Å². The van der Waals surface area contributed by atoms with E-state index in [1.165, 1.54) is 6.07 Å². The van der Waals surface area contributed by atoms with Gasteiger partial charge in [-0.15, -0.1) is 11.3 Å². The van der Waals surface area contributed by atoms with Gasteiger partial charge in [0, 0.05) is 13.1 Å². The predicted molar refractivity (Wildman–Crippen MR) is 82.1 cm³/mol. The number of hydrogen-bond donors (Lipinski definition) is 1. The van der Waals surface area contributed by atoms with Gasteiger partial charge in [-0.05, 0) is 30.0 Å². The zero-order valence-corrected chi connectivity index (χ0v) is 12.8. The maximum atomic E-state index is 12.3. The number of amides is 1. The summed E-state index contributed by atoms with van der Waals surface area (Å²) >= 11 is 1.14. The van der Waals surface area contributed by atoms with Gasteiger partial charge >= 0.3 is 0 Å². The van der Waals surface area contributed by atoms with E-state index >= 15 is 0 Å². The fourth-order valence-electron chi connectivity index (χ4n) is 2.06. The number of carbonyl (C=O) groups excluding carboxylic acids is 1. The van der Waals surface area contributed by atoms with E-state index in [1.54, 1.807) is 40.6 Å². The third-order valence-corrected chi connectivity index (χ3v) is 6.07. The lowest BCUT2D eigenvalue weighted by Gasteiger charge is -2.31. The number of thiophene rings is 1. The maximum absolute atomic E-state index is 12.3. The largest absolute Gasteiger partial charge is 0.338 e. The molecule has 7 heteroatoms. The number of carbonyl (C=O) groups is 1. The van der Waals surface area contributed by atoms with Crippen LogP contribution in [-0.4, -0.2) is 32.3 Å². The van der Waals surface area contributed by atoms with E-state index in [0.717, 1.165) is 30.8 Å². The average Bonchev–Trinajstić information content (AvgIpc) is 2.91. The minimum Gasteiger partial charge on any atom is -0.338 e. The first kappa shape index (κ1) is 14.1. The van der Waals surface area contributed by atoms with E-state index in [9.17, 15) is 13.2 Å². The number of nitrogens with one attached hydrogen (secondary N) is 1. The van der Waals surface area contributed by atoms with Crippen molar-refractivity contribution in [2.24, 2.45) is 0 Å². The van der Waals surface area contributed by atoms with E-state index in [4.69, 9.17) is 0 Å². The van der Waals surface area contributed by atoms with Gasteiger partial charge in [-0.25, -0.2) is 8.42 Å². The SMILES string of the molecule is O=C(c1ccccc1NS(=O)(=O)c1cccs1)N1CCC1. The lowest BCUT2D eigenvalue weighted by atomic mass is 10.1. The number of hydrogen-bond acceptors (Lipinski definition) is 4. The molecule has 1 saturated heterocycles. The fraction of sp³-hybridized carbons (Fsp3) is 0.214. The summed E-state index contributed by atoms with van der Waals surface area (Å²) in [5.41, 5.74) is 0.708. The Balaban J connectivity index is 1.91. The molecule has 0 aliphatic carbocycles. The Morgan fingerprint density at radius 3 is 2.52 bits per heavy atom. The summed E-state index contributed by atoms with van der Waals surface area (Å²) in [5.74, 6) is -0.134. The van der Waals surface area contributed by atoms with E-state index in [-0.39, 0.29) is 10.1 Å². The van der Waals surface area contributed by atoms with Crippen molar-refractivity contribution in [3.8, 4) is 0 Å². The summed E-state index contributed by atoms with van der Waals surface area (Å²) in [6.45, 7) is 1.45. The number of anilines is 1. The van der Waals surface area contributed by atoms with E-state index < -0.39 is 10.0 Å². The van der Waals surface area contributed by atoms with Crippen molar-refractivity contribution >= 4 is 33.0 Å². The van der Waals surface area contributed by atoms with Crippen LogP contribution in [0.1, 0.15) is 16.8 Å². The summed E-state index contributed by atoms with van der Waals surface area (Å²) in [5, 5.41) is 1.70. The Hall–Kier alpha value is -1.86. The highest BCUT2D eigenvalue weighted by Crippen LogP contribution is 2.24. The molecular weight excluding hydrogens is 308 g/mol. The van der Waals surface area contributed by atoms with Crippen molar-refractivity contribution in [2.75, 3.05) is 17.8 Å². The Labute approximate surface area is 127 Å². The van der Waals surface area contributed by atoms with Crippen LogP contribution in [0.2, 0.25) is 0 Å². The van der Waals surface area contributed by atoms with E-state index in [2.05, 4.69) is 4.72 Å². The van der Waals surface area contributed by atoms with E-state index in [1.807, 2.05) is 0 Å². The van der Waals surface area contributed by atoms with Gasteiger partial charge in [0.15, 0.2) is 0 Å². The van der Waals surface area contributed by atoms with Gasteiger partial charge in [0.25, 0.3) is 15.9 Å². The van der Waals surface area contributed by atoms with Crippen molar-refractivity contribution in [1.29, 1.82) is 0 Å². The molecule has 0 saturated carbocycles. The third kappa shape index (κ3) is 2.79. The van der Waals surface area contributed by atoms with Gasteiger partial charge in [0.05, 0.1) is 11.3 Å². The molecule has 1 aromatic carbocycles. The zero-order valence-electron chi connectivity index (χ0n) is 11.2. The van der Waals surface area contributed by atoms with Crippen molar-refractivity contribution in [3.05, 3.63) is 47.3 Å². The van der Waals surface area contributed by atoms with Gasteiger partial charge in [-0.2, -0.15) is 0 Å². The molecule has 1 aliphatic rings. The first-order valence-corrected chi connectivity index (χ1v) is 8.89. The van der Waals surface area contributed by atoms with Crippen LogP contribution in [0.4, 0.5) is 5.69 Å². The number of likely N-dealkylation sites (tertiary alicyclic amines) is 1. The second kappa shape index (κ2) is 5.50. The molecular formula is C14H14N2O3S2. The molecule has 0 radical (unpaired) electrons. The van der Waals surface area contributed by atoms with E-state index in [0.29, 0.717) is 11.3 Å². The summed E-state index contributed by atoms with van der Waals surface area (Å²) in [6, 6.07) is 9.91. The molecule has 1 N–H and O–H groups in total. The molecule has 21 heavy (non-hydrogen) atoms. The second-order valence-electron chi connectivity index (χ2n) is 4.73. The van der Waals surface area contributed by atoms with Gasteiger partial charge in [-0.3, -0.25) is 9.52 Å². The number of benzene rings is 1. The summed E-state index contributed by atoms with van der Waals surface area (Å²) in [6.07, 6.45) is 0.995. The normalized spacial score (nSPS) is 14.6. The quantitative estimate of drug-likeness (QED) is 0.940. The number of sulfonamides is 1. The molecule has 1 aliphatic heterocycles. The summed E-state index contributed by atoms with van der Waals surface area (Å²) in [7, 11) is -3.64. The molecule has 1 fully saturated rings. The van der Waals surface area contributed by atoms with Crippen LogP contribution in [0.15, 0.2) is 46.0 Å². The highest BCUT2D eigenvalue weighted by atomic mass is 32.2. The molecule has 5 nitrogen and oxygen atoms in total.